The summed E-state index contributed by atoms with van der Waals surface area (Å²) in [6.07, 6.45) is 1.50. The van der Waals surface area contributed by atoms with Gasteiger partial charge in [0, 0.05) is 12.1 Å². The van der Waals surface area contributed by atoms with Crippen LogP contribution in [0.5, 0.6) is 0 Å². The highest BCUT2D eigenvalue weighted by Gasteiger charge is 2.12. The van der Waals surface area contributed by atoms with Crippen LogP contribution in [0.25, 0.3) is 16.6 Å². The van der Waals surface area contributed by atoms with Crippen LogP contribution in [0.2, 0.25) is 0 Å². The lowest BCUT2D eigenvalue weighted by molar-refractivity contribution is -0.384. The van der Waals surface area contributed by atoms with Crippen molar-refractivity contribution >= 4 is 28.8 Å². The predicted molar refractivity (Wildman–Crippen MR) is 112 cm³/mol. The van der Waals surface area contributed by atoms with E-state index < -0.39 is 4.92 Å². The number of para-hydroxylation sites is 2. The highest BCUT2D eigenvalue weighted by molar-refractivity contribution is 5.81. The molecule has 4 rings (SSSR count). The largest absolute Gasteiger partial charge is 0.269 e. The van der Waals surface area contributed by atoms with Crippen LogP contribution >= 0.6 is 0 Å². The van der Waals surface area contributed by atoms with E-state index in [2.05, 4.69) is 15.5 Å². The van der Waals surface area contributed by atoms with E-state index in [-0.39, 0.29) is 17.2 Å². The summed E-state index contributed by atoms with van der Waals surface area (Å²) in [5.74, 6) is 0.262. The number of rotatable bonds is 5. The van der Waals surface area contributed by atoms with Crippen LogP contribution in [0, 0.1) is 10.1 Å². The van der Waals surface area contributed by atoms with E-state index in [1.165, 1.54) is 22.9 Å². The first kappa shape index (κ1) is 18.1. The zero-order valence-electron chi connectivity index (χ0n) is 15.1. The highest BCUT2D eigenvalue weighted by atomic mass is 16.6. The molecule has 4 aromatic rings. The van der Waals surface area contributed by atoms with Gasteiger partial charge in [0.05, 0.1) is 27.7 Å². The van der Waals surface area contributed by atoms with Crippen molar-refractivity contribution in [2.45, 2.75) is 0 Å². The number of anilines is 1. The Morgan fingerprint density at radius 2 is 1.66 bits per heavy atom. The fourth-order valence-electron chi connectivity index (χ4n) is 2.87. The number of fused-ring (bicyclic) bond motifs is 1. The summed E-state index contributed by atoms with van der Waals surface area (Å²) in [6, 6.07) is 22.2. The maximum absolute atomic E-state index is 13.1. The molecule has 8 nitrogen and oxygen atoms in total. The molecule has 0 aliphatic carbocycles. The van der Waals surface area contributed by atoms with Gasteiger partial charge in [0.15, 0.2) is 0 Å². The van der Waals surface area contributed by atoms with Crippen LogP contribution in [0.3, 0.4) is 0 Å². The van der Waals surface area contributed by atoms with Gasteiger partial charge in [-0.05, 0) is 42.0 Å². The molecule has 1 aromatic heterocycles. The topological polar surface area (TPSA) is 102 Å². The maximum Gasteiger partial charge on any atom is 0.269 e. The molecule has 0 amide bonds. The second-order valence-corrected chi connectivity index (χ2v) is 6.15. The first-order valence-electron chi connectivity index (χ1n) is 8.74. The fraction of sp³-hybridized carbons (Fsp3) is 0. The standard InChI is InChI=1S/C21H15N5O3/c27-20-18-8-4-5-9-19(18)23-21(25(20)16-6-2-1-3-7-16)24-22-14-15-10-12-17(13-11-15)26(28)29/h1-14H,(H,23,24)/b22-14-. The molecule has 0 unspecified atom stereocenters. The molecule has 0 aliphatic rings. The lowest BCUT2D eigenvalue weighted by Gasteiger charge is -2.12. The molecule has 0 aliphatic heterocycles. The Hall–Kier alpha value is -4.33. The van der Waals surface area contributed by atoms with E-state index in [4.69, 9.17) is 0 Å². The van der Waals surface area contributed by atoms with Crippen molar-refractivity contribution in [3.05, 3.63) is 105 Å². The summed E-state index contributed by atoms with van der Waals surface area (Å²) >= 11 is 0. The summed E-state index contributed by atoms with van der Waals surface area (Å²) in [4.78, 5) is 27.9. The molecular formula is C21H15N5O3. The Labute approximate surface area is 164 Å². The number of nitrogens with zero attached hydrogens (tertiary/aromatic N) is 4. The van der Waals surface area contributed by atoms with Crippen molar-refractivity contribution in [2.75, 3.05) is 5.43 Å². The maximum atomic E-state index is 13.1. The third-order valence-electron chi connectivity index (χ3n) is 4.27. The average molecular weight is 385 g/mol. The Bertz CT molecular complexity index is 1270. The molecule has 0 atom stereocenters. The molecule has 0 radical (unpaired) electrons. The van der Waals surface area contributed by atoms with Gasteiger partial charge in [-0.1, -0.05) is 30.3 Å². The predicted octanol–water partition coefficient (Wildman–Crippen LogP) is 3.74. The van der Waals surface area contributed by atoms with Crippen molar-refractivity contribution < 1.29 is 4.92 Å². The average Bonchev–Trinajstić information content (AvgIpc) is 2.75. The minimum absolute atomic E-state index is 0.00391. The SMILES string of the molecule is O=c1c2ccccc2nc(N/N=C\c2ccc([N+](=O)[O-])cc2)n1-c1ccccc1. The van der Waals surface area contributed by atoms with E-state index in [1.807, 2.05) is 36.4 Å². The number of hydrogen-bond acceptors (Lipinski definition) is 6. The molecule has 3 aromatic carbocycles. The van der Waals surface area contributed by atoms with E-state index in [1.54, 1.807) is 30.3 Å². The van der Waals surface area contributed by atoms with Gasteiger partial charge in [0.25, 0.3) is 11.2 Å². The normalized spacial score (nSPS) is 11.0. The first-order valence-corrected chi connectivity index (χ1v) is 8.74. The number of nitro benzene ring substituents is 1. The Morgan fingerprint density at radius 1 is 0.966 bits per heavy atom. The molecule has 0 saturated carbocycles. The molecule has 0 spiro atoms. The summed E-state index contributed by atoms with van der Waals surface area (Å²) in [7, 11) is 0. The number of hydrogen-bond donors (Lipinski definition) is 1. The van der Waals surface area contributed by atoms with E-state index in [0.717, 1.165) is 0 Å². The summed E-state index contributed by atoms with van der Waals surface area (Å²) < 4.78 is 1.45. The lowest BCUT2D eigenvalue weighted by atomic mass is 10.2. The minimum Gasteiger partial charge on any atom is -0.268 e. The molecule has 0 fully saturated rings. The molecule has 1 heterocycles. The Morgan fingerprint density at radius 3 is 2.38 bits per heavy atom. The molecule has 0 bridgehead atoms. The van der Waals surface area contributed by atoms with Gasteiger partial charge in [-0.2, -0.15) is 5.10 Å². The van der Waals surface area contributed by atoms with E-state index >= 15 is 0 Å². The molecule has 0 saturated heterocycles. The van der Waals surface area contributed by atoms with Gasteiger partial charge in [-0.3, -0.25) is 14.9 Å². The number of hydrazone groups is 1. The Kier molecular flexibility index (Phi) is 4.81. The van der Waals surface area contributed by atoms with Gasteiger partial charge >= 0.3 is 0 Å². The third-order valence-corrected chi connectivity index (χ3v) is 4.27. The zero-order chi connectivity index (χ0) is 20.2. The summed E-state index contributed by atoms with van der Waals surface area (Å²) in [6.45, 7) is 0. The summed E-state index contributed by atoms with van der Waals surface area (Å²) in [5, 5.41) is 15.4. The smallest absolute Gasteiger partial charge is 0.268 e. The Balaban J connectivity index is 1.72. The van der Waals surface area contributed by atoms with Crippen molar-refractivity contribution in [3.8, 4) is 5.69 Å². The van der Waals surface area contributed by atoms with Crippen LogP contribution in [0.4, 0.5) is 11.6 Å². The van der Waals surface area contributed by atoms with Crippen LogP contribution in [0.15, 0.2) is 88.8 Å². The molecular weight excluding hydrogens is 370 g/mol. The van der Waals surface area contributed by atoms with E-state index in [0.29, 0.717) is 22.2 Å². The molecule has 8 heteroatoms. The number of aromatic nitrogens is 2. The quantitative estimate of drug-likeness (QED) is 0.320. The molecule has 29 heavy (non-hydrogen) atoms. The fourth-order valence-corrected chi connectivity index (χ4v) is 2.87. The second kappa shape index (κ2) is 7.73. The van der Waals surface area contributed by atoms with Gasteiger partial charge in [-0.25, -0.2) is 15.0 Å². The first-order chi connectivity index (χ1) is 14.1. The molecule has 142 valence electrons. The number of nitro groups is 1. The van der Waals surface area contributed by atoms with Crippen molar-refractivity contribution in [3.63, 3.8) is 0 Å². The highest BCUT2D eigenvalue weighted by Crippen LogP contribution is 2.16. The van der Waals surface area contributed by atoms with Crippen LogP contribution < -0.4 is 11.0 Å². The van der Waals surface area contributed by atoms with Crippen LogP contribution in [-0.4, -0.2) is 20.7 Å². The van der Waals surface area contributed by atoms with Gasteiger partial charge in [0.2, 0.25) is 5.95 Å². The zero-order valence-corrected chi connectivity index (χ0v) is 15.1. The molecule has 1 N–H and O–H groups in total. The monoisotopic (exact) mass is 385 g/mol. The second-order valence-electron chi connectivity index (χ2n) is 6.15. The van der Waals surface area contributed by atoms with Crippen LogP contribution in [0.1, 0.15) is 5.56 Å². The van der Waals surface area contributed by atoms with Crippen molar-refractivity contribution in [1.82, 2.24) is 9.55 Å². The lowest BCUT2D eigenvalue weighted by Crippen LogP contribution is -2.22. The third kappa shape index (κ3) is 3.72. The number of nitrogens with one attached hydrogen (secondary N) is 1. The van der Waals surface area contributed by atoms with Crippen molar-refractivity contribution in [1.29, 1.82) is 0 Å². The van der Waals surface area contributed by atoms with Crippen molar-refractivity contribution in [2.24, 2.45) is 5.10 Å². The van der Waals surface area contributed by atoms with Gasteiger partial charge in [0.1, 0.15) is 0 Å². The van der Waals surface area contributed by atoms with Gasteiger partial charge in [-0.15, -0.1) is 0 Å². The summed E-state index contributed by atoms with van der Waals surface area (Å²) in [5.41, 5.74) is 4.48. The number of non-ortho nitro benzene ring substituents is 1. The number of benzene rings is 3. The minimum atomic E-state index is -0.462. The van der Waals surface area contributed by atoms with Crippen LogP contribution in [-0.2, 0) is 0 Å². The van der Waals surface area contributed by atoms with Gasteiger partial charge < -0.3 is 0 Å². The van der Waals surface area contributed by atoms with E-state index in [9.17, 15) is 14.9 Å².